The number of halogens is 2. The van der Waals surface area contributed by atoms with Gasteiger partial charge < -0.3 is 0 Å². The van der Waals surface area contributed by atoms with Gasteiger partial charge in [-0.3, -0.25) is 4.79 Å². The highest BCUT2D eigenvalue weighted by Gasteiger charge is 2.33. The van der Waals surface area contributed by atoms with Crippen molar-refractivity contribution < 1.29 is 13.6 Å². The molecule has 0 aliphatic carbocycles. The smallest absolute Gasteiger partial charge is 0.288 e. The highest BCUT2D eigenvalue weighted by Crippen LogP contribution is 2.34. The molecule has 0 radical (unpaired) electrons. The zero-order valence-corrected chi connectivity index (χ0v) is 9.82. The second-order valence-electron chi connectivity index (χ2n) is 4.38. The Kier molecular flexibility index (Phi) is 2.60. The van der Waals surface area contributed by atoms with Gasteiger partial charge in [-0.25, -0.2) is 9.67 Å². The van der Waals surface area contributed by atoms with E-state index in [1.54, 1.807) is 6.92 Å². The van der Waals surface area contributed by atoms with Crippen molar-refractivity contribution in [1.82, 2.24) is 9.78 Å². The first-order valence-corrected chi connectivity index (χ1v) is 5.33. The molecule has 1 aliphatic heterocycles. The normalized spacial score (nSPS) is 23.6. The minimum Gasteiger partial charge on any atom is -0.299 e. The van der Waals surface area contributed by atoms with Crippen LogP contribution in [0, 0.1) is 5.92 Å². The maximum Gasteiger partial charge on any atom is 0.288 e. The number of carbonyl (C=O) groups is 1. The quantitative estimate of drug-likeness (QED) is 0.798. The Morgan fingerprint density at radius 1 is 1.53 bits per heavy atom. The van der Waals surface area contributed by atoms with Gasteiger partial charge in [0.25, 0.3) is 5.92 Å². The molecule has 0 saturated heterocycles. The van der Waals surface area contributed by atoms with E-state index in [2.05, 4.69) is 10.1 Å². The number of ketones is 1. The van der Waals surface area contributed by atoms with Gasteiger partial charge in [-0.2, -0.15) is 13.9 Å². The van der Waals surface area contributed by atoms with E-state index in [0.717, 1.165) is 6.92 Å². The topological polar surface area (TPSA) is 47.2 Å². The van der Waals surface area contributed by atoms with Crippen molar-refractivity contribution in [3.8, 4) is 0 Å². The van der Waals surface area contributed by atoms with Gasteiger partial charge in [0.15, 0.2) is 5.82 Å². The van der Waals surface area contributed by atoms with Gasteiger partial charge in [0, 0.05) is 19.2 Å². The Morgan fingerprint density at radius 3 is 2.71 bits per heavy atom. The van der Waals surface area contributed by atoms with Gasteiger partial charge >= 0.3 is 0 Å². The van der Waals surface area contributed by atoms with E-state index in [1.807, 2.05) is 0 Å². The average Bonchev–Trinajstić information content (AvgIpc) is 2.61. The molecule has 0 amide bonds. The summed E-state index contributed by atoms with van der Waals surface area (Å²) in [6.45, 7) is 4.01. The minimum absolute atomic E-state index is 0.0489. The van der Waals surface area contributed by atoms with Crippen molar-refractivity contribution >= 4 is 17.8 Å². The summed E-state index contributed by atoms with van der Waals surface area (Å²) in [4.78, 5) is 15.3. The van der Waals surface area contributed by atoms with Crippen molar-refractivity contribution in [3.05, 3.63) is 11.8 Å². The van der Waals surface area contributed by atoms with Gasteiger partial charge in [0.05, 0.1) is 12.0 Å². The molecule has 0 N–H and O–H groups in total. The number of aromatic nitrogens is 2. The zero-order chi connectivity index (χ0) is 12.8. The molecule has 0 spiro atoms. The van der Waals surface area contributed by atoms with Crippen LogP contribution in [-0.2, 0) is 10.7 Å². The first-order chi connectivity index (χ1) is 7.80. The Bertz CT molecular complexity index is 487. The monoisotopic (exact) mass is 241 g/mol. The Labute approximate surface area is 97.3 Å². The van der Waals surface area contributed by atoms with E-state index in [0.29, 0.717) is 5.82 Å². The maximum atomic E-state index is 13.1. The fourth-order valence-electron chi connectivity index (χ4n) is 1.87. The van der Waals surface area contributed by atoms with Crippen molar-refractivity contribution in [2.45, 2.75) is 32.7 Å². The summed E-state index contributed by atoms with van der Waals surface area (Å²) in [5.41, 5.74) is -0.319. The van der Waals surface area contributed by atoms with E-state index < -0.39 is 11.8 Å². The van der Waals surface area contributed by atoms with Gasteiger partial charge in [0.1, 0.15) is 11.5 Å². The standard InChI is InChI=1S/C11H13F2N3O/c1-6-8(7(2)17)5-14-10-4-9(11(3,12)13)15-16(6)10/h4-6,8H,1-3H3. The number of rotatable bonds is 2. The number of hydrogen-bond donors (Lipinski definition) is 0. The number of Topliss-reactive ketones (excluding diaryl/α,β-unsaturated/α-hetero) is 1. The lowest BCUT2D eigenvalue weighted by molar-refractivity contribution is -0.119. The molecular weight excluding hydrogens is 228 g/mol. The third-order valence-electron chi connectivity index (χ3n) is 2.91. The molecule has 1 aromatic rings. The highest BCUT2D eigenvalue weighted by atomic mass is 19.3. The third-order valence-corrected chi connectivity index (χ3v) is 2.91. The van der Waals surface area contributed by atoms with E-state index in [9.17, 15) is 13.6 Å². The molecule has 92 valence electrons. The molecule has 0 bridgehead atoms. The van der Waals surface area contributed by atoms with Crippen LogP contribution in [0.2, 0.25) is 0 Å². The van der Waals surface area contributed by atoms with Crippen LogP contribution in [0.3, 0.4) is 0 Å². The van der Waals surface area contributed by atoms with E-state index in [1.165, 1.54) is 23.9 Å². The highest BCUT2D eigenvalue weighted by molar-refractivity contribution is 5.95. The molecule has 17 heavy (non-hydrogen) atoms. The van der Waals surface area contributed by atoms with Crippen molar-refractivity contribution in [2.75, 3.05) is 0 Å². The van der Waals surface area contributed by atoms with Crippen LogP contribution in [-0.4, -0.2) is 21.8 Å². The van der Waals surface area contributed by atoms with Crippen LogP contribution in [0.15, 0.2) is 11.1 Å². The van der Waals surface area contributed by atoms with Gasteiger partial charge in [-0.1, -0.05) is 0 Å². The lowest BCUT2D eigenvalue weighted by atomic mass is 9.98. The molecule has 0 saturated carbocycles. The molecule has 6 heteroatoms. The number of aliphatic imine (C=N–C) groups is 1. The summed E-state index contributed by atoms with van der Waals surface area (Å²) < 4.78 is 27.6. The van der Waals surface area contributed by atoms with Crippen LogP contribution in [0.5, 0.6) is 0 Å². The van der Waals surface area contributed by atoms with Crippen LogP contribution in [0.1, 0.15) is 32.5 Å². The molecule has 2 heterocycles. The molecule has 2 rings (SSSR count). The summed E-state index contributed by atoms with van der Waals surface area (Å²) in [6, 6.07) is 0.972. The predicted octanol–water partition coefficient (Wildman–Crippen LogP) is 2.48. The predicted molar refractivity (Wildman–Crippen MR) is 58.8 cm³/mol. The van der Waals surface area contributed by atoms with Crippen molar-refractivity contribution in [2.24, 2.45) is 10.9 Å². The summed E-state index contributed by atoms with van der Waals surface area (Å²) in [5.74, 6) is -3.08. The zero-order valence-electron chi connectivity index (χ0n) is 9.82. The van der Waals surface area contributed by atoms with Crippen molar-refractivity contribution in [3.63, 3.8) is 0 Å². The molecule has 1 aliphatic rings. The Hall–Kier alpha value is -1.59. The number of nitrogens with zero attached hydrogens (tertiary/aromatic N) is 3. The van der Waals surface area contributed by atoms with Gasteiger partial charge in [0.2, 0.25) is 0 Å². The summed E-state index contributed by atoms with van der Waals surface area (Å²) in [5, 5.41) is 3.84. The van der Waals surface area contributed by atoms with Crippen LogP contribution in [0.25, 0.3) is 0 Å². The molecule has 4 nitrogen and oxygen atoms in total. The van der Waals surface area contributed by atoms with E-state index in [-0.39, 0.29) is 17.5 Å². The molecule has 0 fully saturated rings. The fraction of sp³-hybridized carbons (Fsp3) is 0.545. The van der Waals surface area contributed by atoms with E-state index in [4.69, 9.17) is 0 Å². The van der Waals surface area contributed by atoms with Crippen LogP contribution < -0.4 is 0 Å². The number of alkyl halides is 2. The molecule has 1 aromatic heterocycles. The van der Waals surface area contributed by atoms with Crippen LogP contribution >= 0.6 is 0 Å². The molecular formula is C11H13F2N3O. The number of fused-ring (bicyclic) bond motifs is 1. The second kappa shape index (κ2) is 3.72. The minimum atomic E-state index is -2.99. The number of carbonyl (C=O) groups excluding carboxylic acids is 1. The SMILES string of the molecule is CC(=O)C1C=Nc2cc(C(C)(F)F)nn2C1C. The van der Waals surface area contributed by atoms with Crippen LogP contribution in [0.4, 0.5) is 14.6 Å². The molecule has 2 atom stereocenters. The second-order valence-corrected chi connectivity index (χ2v) is 4.38. The van der Waals surface area contributed by atoms with Gasteiger partial charge in [-0.15, -0.1) is 0 Å². The summed E-state index contributed by atoms with van der Waals surface area (Å²) in [7, 11) is 0. The average molecular weight is 241 g/mol. The largest absolute Gasteiger partial charge is 0.299 e. The Balaban J connectivity index is 2.43. The van der Waals surface area contributed by atoms with Gasteiger partial charge in [-0.05, 0) is 13.8 Å². The summed E-state index contributed by atoms with van der Waals surface area (Å²) >= 11 is 0. The first kappa shape index (κ1) is 11.9. The molecule has 0 aromatic carbocycles. The summed E-state index contributed by atoms with van der Waals surface area (Å²) in [6.07, 6.45) is 1.50. The maximum absolute atomic E-state index is 13.1. The Morgan fingerprint density at radius 2 is 2.18 bits per heavy atom. The number of hydrogen-bond acceptors (Lipinski definition) is 3. The van der Waals surface area contributed by atoms with Crippen molar-refractivity contribution in [1.29, 1.82) is 0 Å². The lowest BCUT2D eigenvalue weighted by Crippen LogP contribution is -2.27. The lowest BCUT2D eigenvalue weighted by Gasteiger charge is -2.23. The third kappa shape index (κ3) is 1.99. The molecule has 2 unspecified atom stereocenters. The first-order valence-electron chi connectivity index (χ1n) is 5.33. The van der Waals surface area contributed by atoms with E-state index >= 15 is 0 Å². The fourth-order valence-corrected chi connectivity index (χ4v) is 1.87.